The molecule has 8 heteroatoms. The zero-order valence-electron chi connectivity index (χ0n) is 18.2. The molecule has 1 aromatic heterocycles. The van der Waals surface area contributed by atoms with E-state index in [4.69, 9.17) is 21.1 Å². The van der Waals surface area contributed by atoms with E-state index in [0.717, 1.165) is 0 Å². The number of nitrogens with zero attached hydrogens (tertiary/aromatic N) is 2. The van der Waals surface area contributed by atoms with E-state index in [-0.39, 0.29) is 11.3 Å². The number of aliphatic hydroxyl groups excluding tert-OH is 1. The minimum Gasteiger partial charge on any atom is -0.507 e. The lowest BCUT2D eigenvalue weighted by molar-refractivity contribution is -0.132. The van der Waals surface area contributed by atoms with Crippen molar-refractivity contribution in [2.24, 2.45) is 0 Å². The van der Waals surface area contributed by atoms with Gasteiger partial charge in [-0.3, -0.25) is 19.5 Å². The average molecular weight is 465 g/mol. The van der Waals surface area contributed by atoms with E-state index in [2.05, 4.69) is 4.98 Å². The Hall–Kier alpha value is -3.84. The molecular weight excluding hydrogens is 444 g/mol. The maximum atomic E-state index is 13.2. The van der Waals surface area contributed by atoms with Gasteiger partial charge in [-0.15, -0.1) is 0 Å². The highest BCUT2D eigenvalue weighted by molar-refractivity contribution is 6.51. The smallest absolute Gasteiger partial charge is 0.300 e. The summed E-state index contributed by atoms with van der Waals surface area (Å²) in [6.07, 6.45) is 3.16. The molecule has 1 atom stereocenters. The number of amides is 1. The fourth-order valence-electron chi connectivity index (χ4n) is 3.96. The topological polar surface area (TPSA) is 89.0 Å². The third kappa shape index (κ3) is 3.91. The summed E-state index contributed by atoms with van der Waals surface area (Å²) < 4.78 is 10.6. The highest BCUT2D eigenvalue weighted by atomic mass is 35.5. The SMILES string of the molecule is COc1ccc(/C(O)=C2\C(=O)C(=O)N(c3ccc(Cl)cc3C)C2c2cccnc2)cc1OC. The number of benzene rings is 2. The van der Waals surface area contributed by atoms with Crippen molar-refractivity contribution in [1.82, 2.24) is 4.98 Å². The van der Waals surface area contributed by atoms with Crippen molar-refractivity contribution in [3.63, 3.8) is 0 Å². The van der Waals surface area contributed by atoms with Crippen molar-refractivity contribution in [2.45, 2.75) is 13.0 Å². The van der Waals surface area contributed by atoms with Gasteiger partial charge in [0.1, 0.15) is 5.76 Å². The Morgan fingerprint density at radius 1 is 1.06 bits per heavy atom. The first-order chi connectivity index (χ1) is 15.9. The van der Waals surface area contributed by atoms with Gasteiger partial charge in [0.05, 0.1) is 25.8 Å². The van der Waals surface area contributed by atoms with Crippen molar-refractivity contribution in [2.75, 3.05) is 19.1 Å². The molecule has 2 aromatic carbocycles. The van der Waals surface area contributed by atoms with Gasteiger partial charge < -0.3 is 14.6 Å². The first kappa shape index (κ1) is 22.4. The number of carbonyl (C=O) groups excluding carboxylic acids is 2. The average Bonchev–Trinajstić information content (AvgIpc) is 3.09. The predicted molar refractivity (Wildman–Crippen MR) is 125 cm³/mol. The fraction of sp³-hybridized carbons (Fsp3) is 0.160. The Morgan fingerprint density at radius 3 is 2.45 bits per heavy atom. The van der Waals surface area contributed by atoms with E-state index < -0.39 is 17.7 Å². The molecular formula is C25H21ClN2O5. The molecule has 1 aliphatic heterocycles. The van der Waals surface area contributed by atoms with Crippen molar-refractivity contribution >= 4 is 34.7 Å². The van der Waals surface area contributed by atoms with Crippen LogP contribution in [0.4, 0.5) is 5.69 Å². The molecule has 0 radical (unpaired) electrons. The number of halogens is 1. The lowest BCUT2D eigenvalue weighted by Crippen LogP contribution is -2.30. The Morgan fingerprint density at radius 2 is 1.82 bits per heavy atom. The van der Waals surface area contributed by atoms with Gasteiger partial charge in [0.2, 0.25) is 0 Å². The van der Waals surface area contributed by atoms with Gasteiger partial charge >= 0.3 is 0 Å². The van der Waals surface area contributed by atoms with Crippen LogP contribution in [0, 0.1) is 6.92 Å². The van der Waals surface area contributed by atoms with Gasteiger partial charge in [-0.25, -0.2) is 0 Å². The second-order valence-electron chi connectivity index (χ2n) is 7.46. The molecule has 0 bridgehead atoms. The molecule has 3 aromatic rings. The zero-order chi connectivity index (χ0) is 23.7. The Bertz CT molecular complexity index is 1270. The number of methoxy groups -OCH3 is 2. The van der Waals surface area contributed by atoms with Crippen LogP contribution >= 0.6 is 11.6 Å². The lowest BCUT2D eigenvalue weighted by atomic mass is 9.96. The molecule has 1 amide bonds. The number of ether oxygens (including phenoxy) is 2. The fourth-order valence-corrected chi connectivity index (χ4v) is 4.19. The number of ketones is 1. The first-order valence-corrected chi connectivity index (χ1v) is 10.4. The minimum atomic E-state index is -0.883. The molecule has 7 nitrogen and oxygen atoms in total. The van der Waals surface area contributed by atoms with Crippen LogP contribution in [-0.4, -0.2) is 36.0 Å². The molecule has 4 rings (SSSR count). The number of rotatable bonds is 5. The number of pyridine rings is 1. The second-order valence-corrected chi connectivity index (χ2v) is 7.89. The molecule has 33 heavy (non-hydrogen) atoms. The number of hydrogen-bond donors (Lipinski definition) is 1. The largest absolute Gasteiger partial charge is 0.507 e. The Balaban J connectivity index is 1.95. The lowest BCUT2D eigenvalue weighted by Gasteiger charge is -2.26. The van der Waals surface area contributed by atoms with Crippen LogP contribution in [0.3, 0.4) is 0 Å². The van der Waals surface area contributed by atoms with Crippen LogP contribution in [0.25, 0.3) is 5.76 Å². The number of aliphatic hydroxyl groups is 1. The molecule has 0 saturated carbocycles. The van der Waals surface area contributed by atoms with Gasteiger partial charge in [-0.1, -0.05) is 17.7 Å². The van der Waals surface area contributed by atoms with Crippen LogP contribution in [0.15, 0.2) is 66.5 Å². The van der Waals surface area contributed by atoms with Gasteiger partial charge in [-0.2, -0.15) is 0 Å². The summed E-state index contributed by atoms with van der Waals surface area (Å²) in [5.74, 6) is -1.03. The molecule has 1 aliphatic rings. The monoisotopic (exact) mass is 464 g/mol. The molecule has 168 valence electrons. The third-order valence-electron chi connectivity index (χ3n) is 5.52. The number of Topliss-reactive ketones (excluding diaryl/α,β-unsaturated/α-hetero) is 1. The van der Waals surface area contributed by atoms with Crippen LogP contribution in [0.1, 0.15) is 22.7 Å². The van der Waals surface area contributed by atoms with Gasteiger partial charge in [0, 0.05) is 28.7 Å². The van der Waals surface area contributed by atoms with E-state index >= 15 is 0 Å². The highest BCUT2D eigenvalue weighted by Crippen LogP contribution is 2.43. The summed E-state index contributed by atoms with van der Waals surface area (Å²) in [4.78, 5) is 32.0. The maximum absolute atomic E-state index is 13.2. The predicted octanol–water partition coefficient (Wildman–Crippen LogP) is 4.69. The first-order valence-electron chi connectivity index (χ1n) is 10.1. The van der Waals surface area contributed by atoms with Gasteiger partial charge in [0.15, 0.2) is 11.5 Å². The van der Waals surface area contributed by atoms with Crippen LogP contribution in [0.2, 0.25) is 5.02 Å². The van der Waals surface area contributed by atoms with Crippen molar-refractivity contribution < 1.29 is 24.2 Å². The molecule has 0 aliphatic carbocycles. The van der Waals surface area contributed by atoms with E-state index in [1.807, 2.05) is 0 Å². The zero-order valence-corrected chi connectivity index (χ0v) is 19.0. The quantitative estimate of drug-likeness (QED) is 0.335. The molecule has 1 N–H and O–H groups in total. The molecule has 0 spiro atoms. The van der Waals surface area contributed by atoms with Gasteiger partial charge in [-0.05, 0) is 60.5 Å². The van der Waals surface area contributed by atoms with E-state index in [0.29, 0.717) is 38.9 Å². The Labute approximate surface area is 195 Å². The summed E-state index contributed by atoms with van der Waals surface area (Å²) in [6, 6.07) is 12.4. The number of anilines is 1. The number of aryl methyl sites for hydroxylation is 1. The molecule has 1 saturated heterocycles. The van der Waals surface area contributed by atoms with Gasteiger partial charge in [0.25, 0.3) is 11.7 Å². The molecule has 1 fully saturated rings. The summed E-state index contributed by atoms with van der Waals surface area (Å²) >= 11 is 6.10. The van der Waals surface area contributed by atoms with E-state index in [1.54, 1.807) is 67.8 Å². The van der Waals surface area contributed by atoms with E-state index in [9.17, 15) is 14.7 Å². The van der Waals surface area contributed by atoms with Crippen molar-refractivity contribution in [3.8, 4) is 11.5 Å². The standard InChI is InChI=1S/C25H21ClN2O5/c1-14-11-17(26)7-8-18(14)28-22(16-5-4-10-27-13-16)21(24(30)25(28)31)23(29)15-6-9-19(32-2)20(12-15)33-3/h4-13,22,29H,1-3H3/b23-21+. The normalized spacial score (nSPS) is 17.3. The van der Waals surface area contributed by atoms with E-state index in [1.165, 1.54) is 19.1 Å². The third-order valence-corrected chi connectivity index (χ3v) is 5.76. The summed E-state index contributed by atoms with van der Waals surface area (Å²) in [7, 11) is 2.97. The number of aromatic nitrogens is 1. The van der Waals surface area contributed by atoms with Crippen molar-refractivity contribution in [1.29, 1.82) is 0 Å². The summed E-state index contributed by atoms with van der Waals surface area (Å²) in [6.45, 7) is 1.80. The maximum Gasteiger partial charge on any atom is 0.300 e. The van der Waals surface area contributed by atoms with Crippen LogP contribution in [0.5, 0.6) is 11.5 Å². The van der Waals surface area contributed by atoms with Crippen LogP contribution in [-0.2, 0) is 9.59 Å². The Kier molecular flexibility index (Phi) is 6.07. The van der Waals surface area contributed by atoms with Crippen LogP contribution < -0.4 is 14.4 Å². The molecule has 2 heterocycles. The highest BCUT2D eigenvalue weighted by Gasteiger charge is 2.47. The van der Waals surface area contributed by atoms with Crippen molar-refractivity contribution in [3.05, 3.63) is 88.2 Å². The number of carbonyl (C=O) groups is 2. The second kappa shape index (κ2) is 8.96. The number of hydrogen-bond acceptors (Lipinski definition) is 6. The summed E-state index contributed by atoms with van der Waals surface area (Å²) in [5, 5.41) is 11.8. The molecule has 1 unspecified atom stereocenters. The minimum absolute atomic E-state index is 0.0467. The summed E-state index contributed by atoms with van der Waals surface area (Å²) in [5.41, 5.74) is 2.07.